The van der Waals surface area contributed by atoms with Crippen molar-refractivity contribution in [2.45, 2.75) is 19.3 Å². The van der Waals surface area contributed by atoms with Gasteiger partial charge in [0.25, 0.3) is 0 Å². The first-order valence-electron chi connectivity index (χ1n) is 4.87. The Balaban J connectivity index is 2.54. The van der Waals surface area contributed by atoms with Crippen LogP contribution in [0.3, 0.4) is 0 Å². The van der Waals surface area contributed by atoms with E-state index in [-0.39, 0.29) is 0 Å². The van der Waals surface area contributed by atoms with E-state index in [9.17, 15) is 0 Å². The number of fused-ring (bicyclic) bond motifs is 1. The molecule has 14 heavy (non-hydrogen) atoms. The van der Waals surface area contributed by atoms with Gasteiger partial charge in [-0.05, 0) is 52.0 Å². The van der Waals surface area contributed by atoms with Crippen molar-refractivity contribution in [1.29, 1.82) is 0 Å². The summed E-state index contributed by atoms with van der Waals surface area (Å²) >= 11 is 9.68. The fourth-order valence-corrected chi connectivity index (χ4v) is 2.94. The highest BCUT2D eigenvalue weighted by Gasteiger charge is 2.18. The van der Waals surface area contributed by atoms with Crippen LogP contribution in [0.2, 0.25) is 5.02 Å². The Morgan fingerprint density at radius 1 is 1.50 bits per heavy atom. The van der Waals surface area contributed by atoms with E-state index in [1.807, 2.05) is 6.07 Å². The lowest BCUT2D eigenvalue weighted by molar-refractivity contribution is 0.643. The molecular formula is C11H13BrClN. The van der Waals surface area contributed by atoms with Crippen LogP contribution < -0.4 is 5.32 Å². The van der Waals surface area contributed by atoms with Crippen molar-refractivity contribution in [2.75, 3.05) is 13.1 Å². The molecule has 1 aliphatic rings. The highest BCUT2D eigenvalue weighted by Crippen LogP contribution is 2.35. The Labute approximate surface area is 98.0 Å². The van der Waals surface area contributed by atoms with E-state index in [0.29, 0.717) is 5.92 Å². The molecule has 1 aliphatic heterocycles. The smallest absolute Gasteiger partial charge is 0.0551 e. The molecule has 1 N–H and O–H groups in total. The van der Waals surface area contributed by atoms with Gasteiger partial charge in [0.05, 0.1) is 5.02 Å². The molecule has 1 aromatic rings. The standard InChI is InChI=1S/C11H13BrClN/c1-7-6-14-5-4-8-2-3-9(13)11(12)10(7)8/h2-3,7,14H,4-6H2,1H3/t7-/m0/s1. The van der Waals surface area contributed by atoms with E-state index in [4.69, 9.17) is 11.6 Å². The molecule has 1 nitrogen and oxygen atoms in total. The van der Waals surface area contributed by atoms with Gasteiger partial charge in [0.1, 0.15) is 0 Å². The predicted molar refractivity (Wildman–Crippen MR) is 64.1 cm³/mol. The maximum absolute atomic E-state index is 6.10. The molecule has 0 amide bonds. The minimum Gasteiger partial charge on any atom is -0.316 e. The van der Waals surface area contributed by atoms with Gasteiger partial charge in [-0.1, -0.05) is 24.6 Å². The second-order valence-corrected chi connectivity index (χ2v) is 4.99. The monoisotopic (exact) mass is 273 g/mol. The maximum Gasteiger partial charge on any atom is 0.0551 e. The van der Waals surface area contributed by atoms with E-state index < -0.39 is 0 Å². The average Bonchev–Trinajstić information content (AvgIpc) is 2.35. The third-order valence-electron chi connectivity index (χ3n) is 2.74. The number of halogens is 2. The van der Waals surface area contributed by atoms with Crippen molar-refractivity contribution < 1.29 is 0 Å². The molecule has 0 aromatic heterocycles. The van der Waals surface area contributed by atoms with Gasteiger partial charge in [-0.2, -0.15) is 0 Å². The Bertz CT molecular complexity index is 351. The van der Waals surface area contributed by atoms with E-state index >= 15 is 0 Å². The lowest BCUT2D eigenvalue weighted by Crippen LogP contribution is -2.18. The van der Waals surface area contributed by atoms with Crippen molar-refractivity contribution in [3.8, 4) is 0 Å². The van der Waals surface area contributed by atoms with E-state index in [2.05, 4.69) is 34.2 Å². The summed E-state index contributed by atoms with van der Waals surface area (Å²) in [6, 6.07) is 4.12. The molecule has 0 fully saturated rings. The quantitative estimate of drug-likeness (QED) is 0.765. The lowest BCUT2D eigenvalue weighted by Gasteiger charge is -2.15. The number of rotatable bonds is 0. The summed E-state index contributed by atoms with van der Waals surface area (Å²) in [7, 11) is 0. The summed E-state index contributed by atoms with van der Waals surface area (Å²) in [5.74, 6) is 0.528. The zero-order valence-electron chi connectivity index (χ0n) is 8.11. The Kier molecular flexibility index (Phi) is 3.15. The summed E-state index contributed by atoms with van der Waals surface area (Å²) < 4.78 is 1.08. The lowest BCUT2D eigenvalue weighted by atomic mass is 9.95. The number of hydrogen-bond acceptors (Lipinski definition) is 1. The summed E-state index contributed by atoms with van der Waals surface area (Å²) in [5, 5.41) is 4.24. The number of hydrogen-bond donors (Lipinski definition) is 1. The van der Waals surface area contributed by atoms with Crippen LogP contribution >= 0.6 is 27.5 Å². The molecule has 0 saturated carbocycles. The molecule has 0 bridgehead atoms. The van der Waals surface area contributed by atoms with Crippen LogP contribution in [0, 0.1) is 0 Å². The molecule has 1 atom stereocenters. The third-order valence-corrected chi connectivity index (χ3v) is 4.13. The van der Waals surface area contributed by atoms with Crippen molar-refractivity contribution in [3.63, 3.8) is 0 Å². The van der Waals surface area contributed by atoms with E-state index in [1.54, 1.807) is 0 Å². The zero-order chi connectivity index (χ0) is 10.1. The number of nitrogens with one attached hydrogen (secondary N) is 1. The maximum atomic E-state index is 6.10. The van der Waals surface area contributed by atoms with Gasteiger partial charge in [-0.25, -0.2) is 0 Å². The fraction of sp³-hybridized carbons (Fsp3) is 0.455. The molecule has 2 rings (SSSR count). The van der Waals surface area contributed by atoms with Crippen LogP contribution in [0.5, 0.6) is 0 Å². The molecule has 1 heterocycles. The second-order valence-electron chi connectivity index (χ2n) is 3.79. The van der Waals surface area contributed by atoms with Gasteiger partial charge in [0.15, 0.2) is 0 Å². The van der Waals surface area contributed by atoms with Crippen LogP contribution in [-0.2, 0) is 6.42 Å². The molecule has 0 saturated heterocycles. The largest absolute Gasteiger partial charge is 0.316 e. The van der Waals surface area contributed by atoms with Gasteiger partial charge >= 0.3 is 0 Å². The van der Waals surface area contributed by atoms with Crippen LogP contribution in [-0.4, -0.2) is 13.1 Å². The summed E-state index contributed by atoms with van der Waals surface area (Å²) in [4.78, 5) is 0. The van der Waals surface area contributed by atoms with Gasteiger partial charge < -0.3 is 5.32 Å². The van der Waals surface area contributed by atoms with E-state index in [0.717, 1.165) is 29.0 Å². The molecule has 0 spiro atoms. The van der Waals surface area contributed by atoms with Crippen molar-refractivity contribution in [3.05, 3.63) is 32.8 Å². The summed E-state index contributed by atoms with van der Waals surface area (Å²) in [5.41, 5.74) is 2.79. The van der Waals surface area contributed by atoms with Gasteiger partial charge in [-0.15, -0.1) is 0 Å². The van der Waals surface area contributed by atoms with Gasteiger partial charge in [0, 0.05) is 11.0 Å². The first-order valence-corrected chi connectivity index (χ1v) is 6.04. The Hall–Kier alpha value is -0.0500. The minimum atomic E-state index is 0.528. The van der Waals surface area contributed by atoms with Crippen LogP contribution in [0.15, 0.2) is 16.6 Å². The molecule has 0 aliphatic carbocycles. The van der Waals surface area contributed by atoms with Gasteiger partial charge in [-0.3, -0.25) is 0 Å². The topological polar surface area (TPSA) is 12.0 Å². The summed E-state index contributed by atoms with van der Waals surface area (Å²) in [6.45, 7) is 4.33. The molecular weight excluding hydrogens is 261 g/mol. The third kappa shape index (κ3) is 1.83. The van der Waals surface area contributed by atoms with Crippen molar-refractivity contribution >= 4 is 27.5 Å². The number of benzene rings is 1. The minimum absolute atomic E-state index is 0.528. The normalized spacial score (nSPS) is 21.5. The predicted octanol–water partition coefficient (Wildman–Crippen LogP) is 3.35. The molecule has 3 heteroatoms. The van der Waals surface area contributed by atoms with Crippen molar-refractivity contribution in [1.82, 2.24) is 5.32 Å². The van der Waals surface area contributed by atoms with Crippen LogP contribution in [0.4, 0.5) is 0 Å². The Morgan fingerprint density at radius 2 is 2.29 bits per heavy atom. The highest BCUT2D eigenvalue weighted by molar-refractivity contribution is 9.10. The first-order chi connectivity index (χ1) is 6.70. The Morgan fingerprint density at radius 3 is 3.07 bits per heavy atom. The van der Waals surface area contributed by atoms with Crippen LogP contribution in [0.25, 0.3) is 0 Å². The first kappa shape index (κ1) is 10.5. The summed E-state index contributed by atoms with van der Waals surface area (Å²) in [6.07, 6.45) is 1.09. The molecule has 1 aromatic carbocycles. The van der Waals surface area contributed by atoms with Crippen molar-refractivity contribution in [2.24, 2.45) is 0 Å². The highest BCUT2D eigenvalue weighted by atomic mass is 79.9. The fourth-order valence-electron chi connectivity index (χ4n) is 2.00. The molecule has 0 unspecified atom stereocenters. The molecule has 0 radical (unpaired) electrons. The van der Waals surface area contributed by atoms with E-state index in [1.165, 1.54) is 11.1 Å². The zero-order valence-corrected chi connectivity index (χ0v) is 10.5. The average molecular weight is 275 g/mol. The van der Waals surface area contributed by atoms with Gasteiger partial charge in [0.2, 0.25) is 0 Å². The SMILES string of the molecule is C[C@H]1CNCCc2ccc(Cl)c(Br)c21. The second kappa shape index (κ2) is 4.21. The van der Waals surface area contributed by atoms with Crippen LogP contribution in [0.1, 0.15) is 24.0 Å². The molecule has 76 valence electrons.